The summed E-state index contributed by atoms with van der Waals surface area (Å²) in [4.78, 5) is 16.0. The Kier molecular flexibility index (Phi) is 3.02. The van der Waals surface area contributed by atoms with Crippen molar-refractivity contribution in [3.05, 3.63) is 26.2 Å². The Balaban J connectivity index is 2.00. The van der Waals surface area contributed by atoms with Crippen LogP contribution in [0.1, 0.15) is 30.7 Å². The number of thiazole rings is 1. The van der Waals surface area contributed by atoms with Crippen LogP contribution in [-0.2, 0) is 4.79 Å². The quantitative estimate of drug-likeness (QED) is 0.783. The average molecular weight is 258 g/mol. The van der Waals surface area contributed by atoms with Crippen LogP contribution in [0.5, 0.6) is 0 Å². The fourth-order valence-electron chi connectivity index (χ4n) is 2.26. The lowest BCUT2D eigenvalue weighted by molar-refractivity contribution is -0.113. The minimum atomic E-state index is 0.0324. The van der Waals surface area contributed by atoms with Gasteiger partial charge >= 0.3 is 0 Å². The number of Topliss-reactive ketones (excluding diaryl/α,β-unsaturated/α-hetero) is 1. The molecule has 3 rings (SSSR count). The number of ketones is 1. The first-order valence-corrected chi connectivity index (χ1v) is 7.02. The summed E-state index contributed by atoms with van der Waals surface area (Å²) in [6.07, 6.45) is 4.17. The van der Waals surface area contributed by atoms with E-state index in [9.17, 15) is 4.79 Å². The third kappa shape index (κ3) is 2.12. The van der Waals surface area contributed by atoms with E-state index in [1.54, 1.807) is 18.3 Å². The van der Waals surface area contributed by atoms with Gasteiger partial charge in [0.2, 0.25) is 0 Å². The Morgan fingerprint density at radius 3 is 2.94 bits per heavy atom. The minimum absolute atomic E-state index is 0.0324. The van der Waals surface area contributed by atoms with Crippen LogP contribution in [-0.4, -0.2) is 23.9 Å². The van der Waals surface area contributed by atoms with Crippen molar-refractivity contribution >= 4 is 28.9 Å². The van der Waals surface area contributed by atoms with Gasteiger partial charge in [-0.3, -0.25) is 4.79 Å². The molecular formula is C14H14N2OS. The summed E-state index contributed by atoms with van der Waals surface area (Å²) in [5.41, 5.74) is 6.48. The first-order chi connectivity index (χ1) is 8.74. The number of carbonyl (C=O) groups is 1. The van der Waals surface area contributed by atoms with Crippen molar-refractivity contribution in [1.29, 1.82) is 0 Å². The van der Waals surface area contributed by atoms with E-state index in [0.29, 0.717) is 11.5 Å². The lowest BCUT2D eigenvalue weighted by atomic mass is 9.99. The molecular weight excluding hydrogens is 244 g/mol. The van der Waals surface area contributed by atoms with Crippen molar-refractivity contribution in [2.75, 3.05) is 13.1 Å². The summed E-state index contributed by atoms with van der Waals surface area (Å²) < 4.78 is 1.05. The largest absolute Gasteiger partial charge is 0.317 e. The fraction of sp³-hybridized carbons (Fsp3) is 0.429. The molecule has 0 radical (unpaired) electrons. The van der Waals surface area contributed by atoms with Gasteiger partial charge in [0.05, 0.1) is 15.1 Å². The molecule has 1 aliphatic carbocycles. The van der Waals surface area contributed by atoms with Crippen molar-refractivity contribution in [2.24, 2.45) is 0 Å². The SMILES string of the molecule is CC(=O)C1=C=C=c2nc(C3CCNCC3)sc2=C1. The van der Waals surface area contributed by atoms with Gasteiger partial charge in [-0.25, -0.2) is 4.98 Å². The molecule has 1 aliphatic heterocycles. The van der Waals surface area contributed by atoms with E-state index >= 15 is 0 Å². The highest BCUT2D eigenvalue weighted by Crippen LogP contribution is 2.24. The molecule has 0 saturated carbocycles. The molecule has 0 aromatic carbocycles. The zero-order valence-corrected chi connectivity index (χ0v) is 11.1. The molecule has 0 bridgehead atoms. The Labute approximate surface area is 109 Å². The van der Waals surface area contributed by atoms with E-state index in [1.165, 1.54) is 5.01 Å². The van der Waals surface area contributed by atoms with Gasteiger partial charge in [-0.15, -0.1) is 11.3 Å². The normalized spacial score (nSPS) is 18.6. The highest BCUT2D eigenvalue weighted by atomic mass is 32.1. The van der Waals surface area contributed by atoms with Gasteiger partial charge < -0.3 is 5.32 Å². The molecule has 1 aromatic heterocycles. The second-order valence-corrected chi connectivity index (χ2v) is 5.72. The molecule has 2 aliphatic rings. The van der Waals surface area contributed by atoms with Crippen LogP contribution in [0.3, 0.4) is 0 Å². The van der Waals surface area contributed by atoms with Crippen LogP contribution < -0.4 is 15.2 Å². The van der Waals surface area contributed by atoms with Gasteiger partial charge in [-0.05, 0) is 44.7 Å². The molecule has 0 amide bonds. The molecule has 0 unspecified atom stereocenters. The van der Waals surface area contributed by atoms with Crippen LogP contribution in [0.4, 0.5) is 0 Å². The van der Waals surface area contributed by atoms with Crippen molar-refractivity contribution in [2.45, 2.75) is 25.7 Å². The lowest BCUT2D eigenvalue weighted by Crippen LogP contribution is -2.27. The maximum absolute atomic E-state index is 11.3. The van der Waals surface area contributed by atoms with Gasteiger partial charge in [0, 0.05) is 5.92 Å². The third-order valence-corrected chi connectivity index (χ3v) is 4.49. The predicted octanol–water partition coefficient (Wildman–Crippen LogP) is 0.454. The smallest absolute Gasteiger partial charge is 0.168 e. The zero-order valence-electron chi connectivity index (χ0n) is 10.2. The third-order valence-electron chi connectivity index (χ3n) is 3.33. The number of carbonyl (C=O) groups excluding carboxylic acids is 1. The van der Waals surface area contributed by atoms with Gasteiger partial charge in [0.25, 0.3) is 0 Å². The highest BCUT2D eigenvalue weighted by molar-refractivity contribution is 7.09. The Morgan fingerprint density at radius 2 is 2.22 bits per heavy atom. The molecule has 2 heterocycles. The van der Waals surface area contributed by atoms with Crippen LogP contribution in [0, 0.1) is 0 Å². The van der Waals surface area contributed by atoms with E-state index in [0.717, 1.165) is 35.8 Å². The monoisotopic (exact) mass is 258 g/mol. The fourth-order valence-corrected chi connectivity index (χ4v) is 3.40. The first-order valence-electron chi connectivity index (χ1n) is 6.20. The summed E-state index contributed by atoms with van der Waals surface area (Å²) in [6.45, 7) is 3.69. The zero-order chi connectivity index (χ0) is 12.5. The number of rotatable bonds is 2. The maximum Gasteiger partial charge on any atom is 0.168 e. The minimum Gasteiger partial charge on any atom is -0.317 e. The number of hydrogen-bond acceptors (Lipinski definition) is 4. The Morgan fingerprint density at radius 1 is 1.44 bits per heavy atom. The van der Waals surface area contributed by atoms with Crippen LogP contribution in [0.25, 0.3) is 11.8 Å². The second kappa shape index (κ2) is 4.68. The van der Waals surface area contributed by atoms with E-state index in [-0.39, 0.29) is 5.78 Å². The summed E-state index contributed by atoms with van der Waals surface area (Å²) in [5, 5.41) is 5.38. The van der Waals surface area contributed by atoms with Crippen LogP contribution in [0.2, 0.25) is 0 Å². The van der Waals surface area contributed by atoms with E-state index in [4.69, 9.17) is 0 Å². The number of fused-ring (bicyclic) bond motifs is 1. The number of hydrogen-bond donors (Lipinski definition) is 1. The molecule has 1 fully saturated rings. The standard InChI is InChI=1S/C14H14N2OS/c1-9(17)11-2-3-12-13(8-11)18-14(16-12)10-4-6-15-7-5-10/h8,10,15H,4-7H2,1H3. The molecule has 92 valence electrons. The van der Waals surface area contributed by atoms with Gasteiger partial charge in [-0.2, -0.15) is 0 Å². The van der Waals surface area contributed by atoms with Gasteiger partial charge in [0.1, 0.15) is 5.35 Å². The Hall–Kier alpha value is -1.44. The Bertz CT molecular complexity index is 682. The topological polar surface area (TPSA) is 42.0 Å². The lowest BCUT2D eigenvalue weighted by Gasteiger charge is -2.20. The molecule has 3 nitrogen and oxygen atoms in total. The van der Waals surface area contributed by atoms with Gasteiger partial charge in [-0.1, -0.05) is 5.73 Å². The van der Waals surface area contributed by atoms with E-state index in [1.807, 2.05) is 6.08 Å². The molecule has 0 atom stereocenters. The first kappa shape index (κ1) is 11.6. The molecule has 0 spiro atoms. The molecule has 4 heteroatoms. The number of allylic oxidation sites excluding steroid dienone is 1. The molecule has 1 saturated heterocycles. The van der Waals surface area contributed by atoms with Crippen LogP contribution in [0.15, 0.2) is 11.3 Å². The summed E-state index contributed by atoms with van der Waals surface area (Å²) in [7, 11) is 0. The second-order valence-electron chi connectivity index (χ2n) is 4.65. The molecule has 1 aromatic rings. The van der Waals surface area contributed by atoms with Crippen molar-refractivity contribution in [1.82, 2.24) is 10.3 Å². The molecule has 1 N–H and O–H groups in total. The summed E-state index contributed by atoms with van der Waals surface area (Å²) in [6, 6.07) is 0. The summed E-state index contributed by atoms with van der Waals surface area (Å²) in [5.74, 6) is 0.586. The van der Waals surface area contributed by atoms with E-state index < -0.39 is 0 Å². The van der Waals surface area contributed by atoms with Crippen molar-refractivity contribution < 1.29 is 4.79 Å². The van der Waals surface area contributed by atoms with Crippen molar-refractivity contribution in [3.63, 3.8) is 0 Å². The number of aromatic nitrogens is 1. The van der Waals surface area contributed by atoms with Crippen molar-refractivity contribution in [3.8, 4) is 0 Å². The predicted molar refractivity (Wildman–Crippen MR) is 71.8 cm³/mol. The van der Waals surface area contributed by atoms with E-state index in [2.05, 4.69) is 21.8 Å². The highest BCUT2D eigenvalue weighted by Gasteiger charge is 2.18. The van der Waals surface area contributed by atoms with Gasteiger partial charge in [0.15, 0.2) is 5.78 Å². The number of piperidine rings is 1. The van der Waals surface area contributed by atoms with Crippen LogP contribution >= 0.6 is 11.3 Å². The summed E-state index contributed by atoms with van der Waals surface area (Å²) >= 11 is 1.69. The average Bonchev–Trinajstić information content (AvgIpc) is 2.82. The number of nitrogens with one attached hydrogen (secondary N) is 1. The molecule has 18 heavy (non-hydrogen) atoms. The number of nitrogens with zero attached hydrogens (tertiary/aromatic N) is 1. The maximum atomic E-state index is 11.3.